The number of aromatic nitrogens is 1. The van der Waals surface area contributed by atoms with Crippen LogP contribution in [0.5, 0.6) is 5.75 Å². The van der Waals surface area contributed by atoms with E-state index in [9.17, 15) is 14.7 Å². The van der Waals surface area contributed by atoms with Crippen LogP contribution in [-0.2, 0) is 4.79 Å². The summed E-state index contributed by atoms with van der Waals surface area (Å²) < 4.78 is 0. The van der Waals surface area contributed by atoms with Crippen molar-refractivity contribution in [3.05, 3.63) is 33.6 Å². The van der Waals surface area contributed by atoms with Gasteiger partial charge in [-0.25, -0.2) is 0 Å². The number of aromatic hydroxyl groups is 1. The number of fused-ring (bicyclic) bond motifs is 1. The lowest BCUT2D eigenvalue weighted by atomic mass is 10.2. The molecule has 3 N–H and O–H groups in total. The summed E-state index contributed by atoms with van der Waals surface area (Å²) in [6.07, 6.45) is 0. The van der Waals surface area contributed by atoms with Gasteiger partial charge >= 0.3 is 0 Å². The number of hydrogen-bond donors (Lipinski definition) is 3. The second-order valence-electron chi connectivity index (χ2n) is 3.55. The lowest BCUT2D eigenvalue weighted by Crippen LogP contribution is -2.17. The van der Waals surface area contributed by atoms with E-state index in [1.54, 1.807) is 12.1 Å². The molecule has 0 fully saturated rings. The van der Waals surface area contributed by atoms with Crippen LogP contribution in [0.1, 0.15) is 6.92 Å². The zero-order valence-corrected chi connectivity index (χ0v) is 9.63. The molecule has 1 aromatic heterocycles. The molecule has 0 aliphatic heterocycles. The predicted octanol–water partition coefficient (Wildman–Crippen LogP) is 1.85. The summed E-state index contributed by atoms with van der Waals surface area (Å²) in [5.74, 6) is -0.699. The maximum atomic E-state index is 11.6. The van der Waals surface area contributed by atoms with Gasteiger partial charge in [0.05, 0.1) is 5.52 Å². The molecule has 5 nitrogen and oxygen atoms in total. The van der Waals surface area contributed by atoms with Crippen LogP contribution in [0.2, 0.25) is 5.02 Å². The zero-order chi connectivity index (χ0) is 12.6. The van der Waals surface area contributed by atoms with Crippen LogP contribution in [0.3, 0.4) is 0 Å². The number of amides is 1. The highest BCUT2D eigenvalue weighted by atomic mass is 35.5. The third-order valence-electron chi connectivity index (χ3n) is 2.25. The van der Waals surface area contributed by atoms with Gasteiger partial charge in [0, 0.05) is 17.3 Å². The molecular weight excluding hydrogens is 244 g/mol. The van der Waals surface area contributed by atoms with Gasteiger partial charge in [-0.05, 0) is 18.2 Å². The van der Waals surface area contributed by atoms with Crippen LogP contribution in [0.15, 0.2) is 23.0 Å². The first-order valence-corrected chi connectivity index (χ1v) is 5.19. The fourth-order valence-corrected chi connectivity index (χ4v) is 1.72. The topological polar surface area (TPSA) is 82.2 Å². The maximum Gasteiger partial charge on any atom is 0.276 e. The standard InChI is InChI=1S/C11H9ClN2O3/c1-5(15)13-9-10(16)7-3-2-6(12)4-8(7)14-11(9)17/h2-4H,1H3,(H,13,15)(H2,14,16,17). The Morgan fingerprint density at radius 1 is 1.47 bits per heavy atom. The Kier molecular flexibility index (Phi) is 2.77. The molecule has 1 heterocycles. The summed E-state index contributed by atoms with van der Waals surface area (Å²) in [7, 11) is 0. The van der Waals surface area contributed by atoms with E-state index in [1.165, 1.54) is 13.0 Å². The minimum absolute atomic E-state index is 0.160. The highest BCUT2D eigenvalue weighted by molar-refractivity contribution is 6.31. The predicted molar refractivity (Wildman–Crippen MR) is 65.5 cm³/mol. The van der Waals surface area contributed by atoms with Gasteiger partial charge in [-0.1, -0.05) is 11.6 Å². The van der Waals surface area contributed by atoms with Gasteiger partial charge in [0.15, 0.2) is 5.75 Å². The summed E-state index contributed by atoms with van der Waals surface area (Å²) in [5.41, 5.74) is -0.325. The zero-order valence-electron chi connectivity index (χ0n) is 8.87. The maximum absolute atomic E-state index is 11.6. The number of anilines is 1. The molecule has 2 aromatic rings. The molecule has 17 heavy (non-hydrogen) atoms. The number of H-pyrrole nitrogens is 1. The van der Waals surface area contributed by atoms with E-state index >= 15 is 0 Å². The van der Waals surface area contributed by atoms with Crippen molar-refractivity contribution >= 4 is 34.1 Å². The van der Waals surface area contributed by atoms with Crippen molar-refractivity contribution in [1.29, 1.82) is 0 Å². The Balaban J connectivity index is 2.76. The van der Waals surface area contributed by atoms with Gasteiger partial charge in [0.2, 0.25) is 5.91 Å². The van der Waals surface area contributed by atoms with Gasteiger partial charge in [-0.2, -0.15) is 0 Å². The molecule has 0 atom stereocenters. The Labute approximate surface area is 101 Å². The molecule has 0 saturated carbocycles. The second-order valence-corrected chi connectivity index (χ2v) is 3.99. The third-order valence-corrected chi connectivity index (χ3v) is 2.48. The fraction of sp³-hybridized carbons (Fsp3) is 0.0909. The molecular formula is C11H9ClN2O3. The summed E-state index contributed by atoms with van der Waals surface area (Å²) in [6.45, 7) is 1.25. The van der Waals surface area contributed by atoms with Crippen molar-refractivity contribution in [2.24, 2.45) is 0 Å². The number of carbonyl (C=O) groups is 1. The molecule has 0 saturated heterocycles. The molecule has 0 aliphatic carbocycles. The van der Waals surface area contributed by atoms with Gasteiger partial charge in [-0.3, -0.25) is 9.59 Å². The normalized spacial score (nSPS) is 10.5. The van der Waals surface area contributed by atoms with E-state index in [-0.39, 0.29) is 11.4 Å². The summed E-state index contributed by atoms with van der Waals surface area (Å²) in [5, 5.41) is 13.0. The third kappa shape index (κ3) is 2.09. The number of benzene rings is 1. The number of hydrogen-bond acceptors (Lipinski definition) is 3. The minimum atomic E-state index is -0.576. The highest BCUT2D eigenvalue weighted by Crippen LogP contribution is 2.29. The van der Waals surface area contributed by atoms with Crippen LogP contribution < -0.4 is 10.9 Å². The first-order valence-electron chi connectivity index (χ1n) is 4.81. The SMILES string of the molecule is CC(=O)Nc1c(O)c2ccc(Cl)cc2[nH]c1=O. The van der Waals surface area contributed by atoms with Crippen molar-refractivity contribution in [2.75, 3.05) is 5.32 Å². The molecule has 0 aliphatic rings. The number of nitrogens with one attached hydrogen (secondary N) is 2. The Bertz CT molecular complexity index is 664. The summed E-state index contributed by atoms with van der Waals surface area (Å²) in [4.78, 5) is 25.1. The van der Waals surface area contributed by atoms with Gasteiger partial charge < -0.3 is 15.4 Å². The molecule has 0 radical (unpaired) electrons. The van der Waals surface area contributed by atoms with E-state index in [4.69, 9.17) is 11.6 Å². The van der Waals surface area contributed by atoms with Crippen molar-refractivity contribution in [1.82, 2.24) is 4.98 Å². The van der Waals surface area contributed by atoms with E-state index in [1.807, 2.05) is 0 Å². The quantitative estimate of drug-likeness (QED) is 0.724. The molecule has 0 spiro atoms. The van der Waals surface area contributed by atoms with E-state index in [2.05, 4.69) is 10.3 Å². The van der Waals surface area contributed by atoms with Gasteiger partial charge in [-0.15, -0.1) is 0 Å². The Morgan fingerprint density at radius 3 is 2.82 bits per heavy atom. The van der Waals surface area contributed by atoms with Crippen LogP contribution in [0, 0.1) is 0 Å². The van der Waals surface area contributed by atoms with Gasteiger partial charge in [0.25, 0.3) is 5.56 Å². The van der Waals surface area contributed by atoms with E-state index < -0.39 is 11.5 Å². The fourth-order valence-electron chi connectivity index (χ4n) is 1.55. The smallest absolute Gasteiger partial charge is 0.276 e. The molecule has 6 heteroatoms. The highest BCUT2D eigenvalue weighted by Gasteiger charge is 2.12. The Hall–Kier alpha value is -2.01. The molecule has 0 unspecified atom stereocenters. The summed E-state index contributed by atoms with van der Waals surface area (Å²) in [6, 6.07) is 4.67. The van der Waals surface area contributed by atoms with Crippen LogP contribution in [-0.4, -0.2) is 16.0 Å². The van der Waals surface area contributed by atoms with Crippen molar-refractivity contribution in [3.63, 3.8) is 0 Å². The number of carbonyl (C=O) groups excluding carboxylic acids is 1. The average molecular weight is 253 g/mol. The molecule has 88 valence electrons. The van der Waals surface area contributed by atoms with Crippen LogP contribution in [0.4, 0.5) is 5.69 Å². The molecule has 1 amide bonds. The monoisotopic (exact) mass is 252 g/mol. The van der Waals surface area contributed by atoms with Crippen molar-refractivity contribution in [2.45, 2.75) is 6.92 Å². The van der Waals surface area contributed by atoms with Crippen molar-refractivity contribution < 1.29 is 9.90 Å². The average Bonchev–Trinajstić information content (AvgIpc) is 2.23. The first-order chi connectivity index (χ1) is 7.99. The van der Waals surface area contributed by atoms with Crippen LogP contribution >= 0.6 is 11.6 Å². The van der Waals surface area contributed by atoms with E-state index in [0.717, 1.165) is 0 Å². The largest absolute Gasteiger partial charge is 0.505 e. The molecule has 0 bridgehead atoms. The molecule has 1 aromatic carbocycles. The van der Waals surface area contributed by atoms with Crippen molar-refractivity contribution in [3.8, 4) is 5.75 Å². The lowest BCUT2D eigenvalue weighted by Gasteiger charge is -2.07. The number of rotatable bonds is 1. The Morgan fingerprint density at radius 2 is 2.18 bits per heavy atom. The number of pyridine rings is 1. The number of halogens is 1. The number of aromatic amines is 1. The van der Waals surface area contributed by atoms with Crippen LogP contribution in [0.25, 0.3) is 10.9 Å². The van der Waals surface area contributed by atoms with E-state index in [0.29, 0.717) is 15.9 Å². The van der Waals surface area contributed by atoms with Gasteiger partial charge in [0.1, 0.15) is 5.69 Å². The molecule has 2 rings (SSSR count). The lowest BCUT2D eigenvalue weighted by molar-refractivity contribution is -0.114. The second kappa shape index (κ2) is 4.10. The first kappa shape index (κ1) is 11.5. The minimum Gasteiger partial charge on any atom is -0.505 e. The summed E-state index contributed by atoms with van der Waals surface area (Å²) >= 11 is 5.77.